The van der Waals surface area contributed by atoms with E-state index in [0.717, 1.165) is 0 Å². The average Bonchev–Trinajstić information content (AvgIpc) is 2.68. The molecule has 0 spiro atoms. The van der Waals surface area contributed by atoms with Gasteiger partial charge in [0.15, 0.2) is 5.79 Å². The quantitative estimate of drug-likeness (QED) is 0.807. The maximum absolute atomic E-state index is 11.9. The predicted molar refractivity (Wildman–Crippen MR) is 77.5 cm³/mol. The van der Waals surface area contributed by atoms with E-state index in [-0.39, 0.29) is 18.1 Å². The van der Waals surface area contributed by atoms with Gasteiger partial charge in [-0.25, -0.2) is 4.79 Å². The molecule has 6 heteroatoms. The number of carbonyl (C=O) groups excluding carboxylic acids is 1. The van der Waals surface area contributed by atoms with E-state index in [2.05, 4.69) is 11.4 Å². The van der Waals surface area contributed by atoms with E-state index in [0.29, 0.717) is 12.8 Å². The van der Waals surface area contributed by atoms with E-state index < -0.39 is 17.5 Å². The van der Waals surface area contributed by atoms with E-state index in [9.17, 15) is 4.79 Å². The summed E-state index contributed by atoms with van der Waals surface area (Å²) in [4.78, 5) is 11.9. The van der Waals surface area contributed by atoms with Crippen LogP contribution in [0.4, 0.5) is 4.79 Å². The van der Waals surface area contributed by atoms with Crippen LogP contribution in [0.5, 0.6) is 0 Å². The van der Waals surface area contributed by atoms with Crippen molar-refractivity contribution in [1.29, 1.82) is 5.26 Å². The minimum atomic E-state index is -0.761. The second-order valence-electron chi connectivity index (χ2n) is 6.81. The van der Waals surface area contributed by atoms with Crippen molar-refractivity contribution >= 4 is 6.09 Å². The molecule has 1 saturated carbocycles. The fraction of sp³-hybridized carbons (Fsp3) is 0.867. The first kappa shape index (κ1) is 17.7. The molecule has 6 nitrogen and oxygen atoms in total. The van der Waals surface area contributed by atoms with Crippen molar-refractivity contribution in [1.82, 2.24) is 5.32 Å². The number of rotatable bonds is 4. The molecule has 0 saturated heterocycles. The highest BCUT2D eigenvalue weighted by Crippen LogP contribution is 2.31. The van der Waals surface area contributed by atoms with Crippen LogP contribution in [0.3, 0.4) is 0 Å². The van der Waals surface area contributed by atoms with Gasteiger partial charge >= 0.3 is 6.09 Å². The highest BCUT2D eigenvalue weighted by Gasteiger charge is 2.39. The van der Waals surface area contributed by atoms with Gasteiger partial charge in [-0.15, -0.1) is 0 Å². The molecule has 0 bridgehead atoms. The standard InChI is InChI=1S/C15H26N2O4/c1-14(2,3)21-13(18)17-11-7-10(9-16)8-12(11)20-15(4,5)19-6/h10-12H,7-8H2,1-6H3,(H,17,18)/t10-,11+,12+/m0/s1. The van der Waals surface area contributed by atoms with E-state index >= 15 is 0 Å². The molecule has 1 aliphatic carbocycles. The molecule has 120 valence electrons. The third kappa shape index (κ3) is 5.90. The van der Waals surface area contributed by atoms with E-state index in [4.69, 9.17) is 19.5 Å². The molecule has 3 atom stereocenters. The van der Waals surface area contributed by atoms with Crippen LogP contribution < -0.4 is 5.32 Å². The maximum Gasteiger partial charge on any atom is 0.407 e. The Morgan fingerprint density at radius 2 is 1.86 bits per heavy atom. The topological polar surface area (TPSA) is 80.6 Å². The second-order valence-corrected chi connectivity index (χ2v) is 6.81. The van der Waals surface area contributed by atoms with Crippen LogP contribution in [0.25, 0.3) is 0 Å². The molecular weight excluding hydrogens is 272 g/mol. The van der Waals surface area contributed by atoms with Crippen LogP contribution >= 0.6 is 0 Å². The first-order valence-electron chi connectivity index (χ1n) is 7.18. The number of hydrogen-bond donors (Lipinski definition) is 1. The van der Waals surface area contributed by atoms with Gasteiger partial charge in [0.1, 0.15) is 5.60 Å². The number of ether oxygens (including phenoxy) is 3. The zero-order chi connectivity index (χ0) is 16.3. The van der Waals surface area contributed by atoms with Crippen molar-refractivity contribution in [3.8, 4) is 6.07 Å². The SMILES string of the molecule is COC(C)(C)O[C@@H]1C[C@@H](C#N)C[C@H]1NC(=O)OC(C)(C)C. The van der Waals surface area contributed by atoms with Crippen molar-refractivity contribution in [2.24, 2.45) is 5.92 Å². The number of nitrogens with zero attached hydrogens (tertiary/aromatic N) is 1. The highest BCUT2D eigenvalue weighted by molar-refractivity contribution is 5.68. The lowest BCUT2D eigenvalue weighted by Crippen LogP contribution is -2.46. The first-order valence-corrected chi connectivity index (χ1v) is 7.18. The Kier molecular flexibility index (Phi) is 5.60. The molecule has 0 aromatic carbocycles. The van der Waals surface area contributed by atoms with Crippen molar-refractivity contribution in [3.05, 3.63) is 0 Å². The van der Waals surface area contributed by atoms with Crippen LogP contribution in [0, 0.1) is 17.2 Å². The summed E-state index contributed by atoms with van der Waals surface area (Å²) in [6.07, 6.45) is 0.372. The molecule has 0 aromatic heterocycles. The largest absolute Gasteiger partial charge is 0.444 e. The maximum atomic E-state index is 11.9. The van der Waals surface area contributed by atoms with Gasteiger partial charge in [-0.05, 0) is 47.5 Å². The molecule has 21 heavy (non-hydrogen) atoms. The molecule has 1 amide bonds. The second kappa shape index (κ2) is 6.63. The van der Waals surface area contributed by atoms with Gasteiger partial charge in [0.2, 0.25) is 0 Å². The number of amides is 1. The molecule has 0 unspecified atom stereocenters. The molecule has 1 N–H and O–H groups in total. The van der Waals surface area contributed by atoms with Crippen LogP contribution in [-0.4, -0.2) is 36.7 Å². The zero-order valence-electron chi connectivity index (χ0n) is 13.7. The van der Waals surface area contributed by atoms with Crippen LogP contribution in [-0.2, 0) is 14.2 Å². The molecular formula is C15H26N2O4. The molecule has 1 fully saturated rings. The van der Waals surface area contributed by atoms with E-state index in [1.165, 1.54) is 0 Å². The van der Waals surface area contributed by atoms with Crippen molar-refractivity contribution < 1.29 is 19.0 Å². The summed E-state index contributed by atoms with van der Waals surface area (Å²) in [5.74, 6) is -0.898. The Bertz CT molecular complexity index is 409. The number of nitriles is 1. The third-order valence-corrected chi connectivity index (χ3v) is 3.32. The number of carbonyl (C=O) groups is 1. The van der Waals surface area contributed by atoms with Crippen molar-refractivity contribution in [2.75, 3.05) is 7.11 Å². The molecule has 1 rings (SSSR count). The van der Waals surface area contributed by atoms with Gasteiger partial charge in [0.25, 0.3) is 0 Å². The minimum absolute atomic E-state index is 0.136. The summed E-state index contributed by atoms with van der Waals surface area (Å²) in [5, 5.41) is 11.9. The number of nitrogens with one attached hydrogen (secondary N) is 1. The van der Waals surface area contributed by atoms with Crippen LogP contribution in [0.1, 0.15) is 47.5 Å². The normalized spacial score (nSPS) is 26.2. The van der Waals surface area contributed by atoms with Gasteiger partial charge in [-0.1, -0.05) is 0 Å². The van der Waals surface area contributed by atoms with E-state index in [1.54, 1.807) is 41.7 Å². The Morgan fingerprint density at radius 3 is 2.33 bits per heavy atom. The van der Waals surface area contributed by atoms with E-state index in [1.807, 2.05) is 0 Å². The first-order chi connectivity index (χ1) is 9.56. The van der Waals surface area contributed by atoms with Gasteiger partial charge in [-0.2, -0.15) is 5.26 Å². The predicted octanol–water partition coefficient (Wildman–Crippen LogP) is 2.58. The molecule has 0 aliphatic heterocycles. The molecule has 0 radical (unpaired) electrons. The lowest BCUT2D eigenvalue weighted by atomic mass is 10.1. The Morgan fingerprint density at radius 1 is 1.24 bits per heavy atom. The average molecular weight is 298 g/mol. The highest BCUT2D eigenvalue weighted by atomic mass is 16.7. The Balaban J connectivity index is 2.68. The monoisotopic (exact) mass is 298 g/mol. The Labute approximate surface area is 126 Å². The third-order valence-electron chi connectivity index (χ3n) is 3.32. The summed E-state index contributed by atoms with van der Waals surface area (Å²) >= 11 is 0. The number of methoxy groups -OCH3 is 1. The van der Waals surface area contributed by atoms with Crippen LogP contribution in [0.15, 0.2) is 0 Å². The minimum Gasteiger partial charge on any atom is -0.444 e. The summed E-state index contributed by atoms with van der Waals surface area (Å²) in [5.41, 5.74) is -0.556. The lowest BCUT2D eigenvalue weighted by Gasteiger charge is -2.31. The number of hydrogen-bond acceptors (Lipinski definition) is 5. The molecule has 1 aliphatic rings. The van der Waals surface area contributed by atoms with Gasteiger partial charge < -0.3 is 19.5 Å². The smallest absolute Gasteiger partial charge is 0.407 e. The summed E-state index contributed by atoms with van der Waals surface area (Å²) < 4.78 is 16.4. The summed E-state index contributed by atoms with van der Waals surface area (Å²) in [6.45, 7) is 9.03. The lowest BCUT2D eigenvalue weighted by molar-refractivity contribution is -0.225. The van der Waals surface area contributed by atoms with Crippen LogP contribution in [0.2, 0.25) is 0 Å². The molecule has 0 aromatic rings. The number of alkyl carbamates (subject to hydrolysis) is 1. The Hall–Kier alpha value is -1.32. The van der Waals surface area contributed by atoms with Crippen molar-refractivity contribution in [3.63, 3.8) is 0 Å². The molecule has 0 heterocycles. The van der Waals surface area contributed by atoms with Crippen molar-refractivity contribution in [2.45, 2.75) is 71.0 Å². The fourth-order valence-corrected chi connectivity index (χ4v) is 2.26. The van der Waals surface area contributed by atoms with Gasteiger partial charge in [-0.3, -0.25) is 0 Å². The zero-order valence-corrected chi connectivity index (χ0v) is 13.7. The fourth-order valence-electron chi connectivity index (χ4n) is 2.26. The van der Waals surface area contributed by atoms with Gasteiger partial charge in [0.05, 0.1) is 24.1 Å². The van der Waals surface area contributed by atoms with Gasteiger partial charge in [0, 0.05) is 7.11 Å². The summed E-state index contributed by atoms with van der Waals surface area (Å²) in [7, 11) is 1.56. The summed E-state index contributed by atoms with van der Waals surface area (Å²) in [6, 6.07) is 1.99.